The highest BCUT2D eigenvalue weighted by molar-refractivity contribution is 7.84. The van der Waals surface area contributed by atoms with Crippen LogP contribution in [-0.2, 0) is 10.8 Å². The largest absolute Gasteiger partial charge is 0.314 e. The summed E-state index contributed by atoms with van der Waals surface area (Å²) in [6.45, 7) is 3.10. The van der Waals surface area contributed by atoms with Gasteiger partial charge >= 0.3 is 0 Å². The van der Waals surface area contributed by atoms with E-state index in [1.54, 1.807) is 6.26 Å². The van der Waals surface area contributed by atoms with Crippen molar-refractivity contribution < 1.29 is 4.21 Å². The summed E-state index contributed by atoms with van der Waals surface area (Å²) in [7, 11) is 1.61. The lowest BCUT2D eigenvalue weighted by Crippen LogP contribution is -2.47. The molecule has 1 N–H and O–H groups in total. The summed E-state index contributed by atoms with van der Waals surface area (Å²) in [6, 6.07) is 2.31. The van der Waals surface area contributed by atoms with Gasteiger partial charge in [0.1, 0.15) is 0 Å². The number of hydrogen-bond acceptors (Lipinski definition) is 3. The van der Waals surface area contributed by atoms with Gasteiger partial charge in [0.2, 0.25) is 0 Å². The van der Waals surface area contributed by atoms with Crippen molar-refractivity contribution in [1.29, 1.82) is 0 Å². The highest BCUT2D eigenvalue weighted by atomic mass is 32.2. The van der Waals surface area contributed by atoms with Crippen molar-refractivity contribution in [3.8, 4) is 0 Å². The minimum atomic E-state index is -0.672. The Labute approximate surface area is 108 Å². The molecule has 2 fully saturated rings. The lowest BCUT2D eigenvalue weighted by Gasteiger charge is -2.36. The average Bonchev–Trinajstić information content (AvgIpc) is 2.53. The van der Waals surface area contributed by atoms with Gasteiger partial charge in [0.25, 0.3) is 0 Å². The van der Waals surface area contributed by atoms with Crippen LogP contribution in [0.25, 0.3) is 0 Å². The molecule has 4 unspecified atom stereocenters. The molecule has 0 amide bonds. The predicted molar refractivity (Wildman–Crippen MR) is 73.7 cm³/mol. The van der Waals surface area contributed by atoms with Gasteiger partial charge in [-0.25, -0.2) is 0 Å². The van der Waals surface area contributed by atoms with Crippen LogP contribution in [-0.4, -0.2) is 52.3 Å². The van der Waals surface area contributed by atoms with Crippen LogP contribution in [0.2, 0.25) is 0 Å². The summed E-state index contributed by atoms with van der Waals surface area (Å²) in [4.78, 5) is 2.57. The molecule has 2 aliphatic heterocycles. The Balaban J connectivity index is 1.69. The van der Waals surface area contributed by atoms with E-state index >= 15 is 0 Å². The first-order valence-electron chi connectivity index (χ1n) is 6.85. The third-order valence-corrected chi connectivity index (χ3v) is 6.02. The van der Waals surface area contributed by atoms with Gasteiger partial charge in [0.15, 0.2) is 0 Å². The van der Waals surface area contributed by atoms with Crippen molar-refractivity contribution in [1.82, 2.24) is 10.2 Å². The van der Waals surface area contributed by atoms with E-state index < -0.39 is 10.8 Å². The molecule has 0 aromatic carbocycles. The average molecular weight is 258 g/mol. The molecule has 2 bridgehead atoms. The highest BCUT2D eigenvalue weighted by Crippen LogP contribution is 2.34. The lowest BCUT2D eigenvalue weighted by molar-refractivity contribution is 0.149. The highest BCUT2D eigenvalue weighted by Gasteiger charge is 2.37. The Kier molecular flexibility index (Phi) is 4.61. The Hall–Kier alpha value is 0.0700. The van der Waals surface area contributed by atoms with Crippen LogP contribution >= 0.6 is 0 Å². The molecule has 2 heterocycles. The molecule has 2 saturated heterocycles. The standard InChI is InChI=1S/C13H26N2OS/c1-10(17(3)16)6-7-14-11-8-12-4-5-13(9-11)15(12)2/h10-14H,4-9H2,1-3H3. The SMILES string of the molecule is CC(CCNC1CC2CCC(C1)N2C)S(C)=O. The van der Waals surface area contributed by atoms with E-state index in [0.717, 1.165) is 25.0 Å². The second kappa shape index (κ2) is 5.81. The van der Waals surface area contributed by atoms with E-state index in [1.807, 2.05) is 0 Å². The van der Waals surface area contributed by atoms with Crippen molar-refractivity contribution in [2.45, 2.75) is 62.4 Å². The zero-order valence-electron chi connectivity index (χ0n) is 11.3. The van der Waals surface area contributed by atoms with Crippen LogP contribution in [0.15, 0.2) is 0 Å². The van der Waals surface area contributed by atoms with Crippen LogP contribution in [0.1, 0.15) is 39.0 Å². The third-order valence-electron chi connectivity index (χ3n) is 4.65. The number of nitrogens with one attached hydrogen (secondary N) is 1. The van der Waals surface area contributed by atoms with E-state index in [1.165, 1.54) is 25.7 Å². The summed E-state index contributed by atoms with van der Waals surface area (Å²) in [5.41, 5.74) is 0. The molecule has 17 heavy (non-hydrogen) atoms. The monoisotopic (exact) mass is 258 g/mol. The van der Waals surface area contributed by atoms with Crippen LogP contribution in [0.4, 0.5) is 0 Å². The summed E-state index contributed by atoms with van der Waals surface area (Å²) >= 11 is 0. The smallest absolute Gasteiger partial charge is 0.0329 e. The summed E-state index contributed by atoms with van der Waals surface area (Å²) < 4.78 is 11.3. The van der Waals surface area contributed by atoms with E-state index in [0.29, 0.717) is 11.3 Å². The van der Waals surface area contributed by atoms with Crippen molar-refractivity contribution in [3.05, 3.63) is 0 Å². The molecule has 100 valence electrons. The quantitative estimate of drug-likeness (QED) is 0.808. The molecule has 0 spiro atoms. The fourth-order valence-electron chi connectivity index (χ4n) is 3.23. The zero-order valence-corrected chi connectivity index (χ0v) is 12.1. The first-order chi connectivity index (χ1) is 8.08. The summed E-state index contributed by atoms with van der Waals surface area (Å²) in [6.07, 6.45) is 8.21. The normalized spacial score (nSPS) is 37.0. The van der Waals surface area contributed by atoms with Crippen molar-refractivity contribution >= 4 is 10.8 Å². The van der Waals surface area contributed by atoms with Crippen LogP contribution in [0.3, 0.4) is 0 Å². The van der Waals surface area contributed by atoms with Gasteiger partial charge in [-0.1, -0.05) is 6.92 Å². The summed E-state index contributed by atoms with van der Waals surface area (Å²) in [5, 5.41) is 3.99. The zero-order chi connectivity index (χ0) is 12.4. The van der Waals surface area contributed by atoms with Gasteiger partial charge in [0.05, 0.1) is 0 Å². The molecule has 3 nitrogen and oxygen atoms in total. The van der Waals surface area contributed by atoms with Crippen LogP contribution in [0, 0.1) is 0 Å². The molecule has 2 aliphatic rings. The van der Waals surface area contributed by atoms with Crippen LogP contribution in [0.5, 0.6) is 0 Å². The molecular weight excluding hydrogens is 232 g/mol. The second-order valence-electron chi connectivity index (χ2n) is 5.77. The van der Waals surface area contributed by atoms with E-state index in [-0.39, 0.29) is 0 Å². The number of hydrogen-bond donors (Lipinski definition) is 1. The minimum Gasteiger partial charge on any atom is -0.314 e. The van der Waals surface area contributed by atoms with Crippen LogP contribution < -0.4 is 5.32 Å². The van der Waals surface area contributed by atoms with Gasteiger partial charge in [-0.05, 0) is 45.7 Å². The maximum Gasteiger partial charge on any atom is 0.0329 e. The first-order valence-corrected chi connectivity index (χ1v) is 8.47. The number of nitrogens with zero attached hydrogens (tertiary/aromatic N) is 1. The Morgan fingerprint density at radius 2 is 1.94 bits per heavy atom. The van der Waals surface area contributed by atoms with Gasteiger partial charge in [-0.2, -0.15) is 0 Å². The fraction of sp³-hybridized carbons (Fsp3) is 1.00. The van der Waals surface area contributed by atoms with Gasteiger partial charge < -0.3 is 10.2 Å². The first kappa shape index (κ1) is 13.5. The lowest BCUT2D eigenvalue weighted by atomic mass is 9.98. The number of rotatable bonds is 5. The molecular formula is C13H26N2OS. The molecule has 0 aliphatic carbocycles. The topological polar surface area (TPSA) is 32.3 Å². The molecule has 4 atom stereocenters. The van der Waals surface area contributed by atoms with Gasteiger partial charge in [-0.15, -0.1) is 0 Å². The van der Waals surface area contributed by atoms with Crippen molar-refractivity contribution in [2.75, 3.05) is 19.8 Å². The molecule has 0 radical (unpaired) electrons. The number of fused-ring (bicyclic) bond motifs is 2. The third kappa shape index (κ3) is 3.30. The van der Waals surface area contributed by atoms with E-state index in [4.69, 9.17) is 0 Å². The Morgan fingerprint density at radius 1 is 1.35 bits per heavy atom. The van der Waals surface area contributed by atoms with E-state index in [9.17, 15) is 4.21 Å². The minimum absolute atomic E-state index is 0.325. The van der Waals surface area contributed by atoms with Crippen molar-refractivity contribution in [2.24, 2.45) is 0 Å². The van der Waals surface area contributed by atoms with Gasteiger partial charge in [-0.3, -0.25) is 4.21 Å². The molecule has 0 saturated carbocycles. The number of piperidine rings is 1. The maximum atomic E-state index is 11.3. The molecule has 0 aromatic heterocycles. The molecule has 4 heteroatoms. The Bertz CT molecular complexity index is 271. The molecule has 2 rings (SSSR count). The van der Waals surface area contributed by atoms with Crippen molar-refractivity contribution in [3.63, 3.8) is 0 Å². The van der Waals surface area contributed by atoms with E-state index in [2.05, 4.69) is 24.2 Å². The Morgan fingerprint density at radius 3 is 2.47 bits per heavy atom. The van der Waals surface area contributed by atoms with Gasteiger partial charge in [0, 0.05) is 40.4 Å². The predicted octanol–water partition coefficient (Wildman–Crippen LogP) is 1.36. The fourth-order valence-corrected chi connectivity index (χ4v) is 3.68. The second-order valence-corrected chi connectivity index (χ2v) is 7.57. The summed E-state index contributed by atoms with van der Waals surface area (Å²) in [5.74, 6) is 0. The maximum absolute atomic E-state index is 11.3. The molecule has 0 aromatic rings.